The van der Waals surface area contributed by atoms with Gasteiger partial charge < -0.3 is 21.1 Å². The largest absolute Gasteiger partial charge is 0.398 e. The fourth-order valence-corrected chi connectivity index (χ4v) is 1.38. The number of Topliss-reactive ketones (excluding diaryl/α,β-unsaturated/α-hetero) is 1. The van der Waals surface area contributed by atoms with E-state index in [1.165, 1.54) is 25.1 Å². The summed E-state index contributed by atoms with van der Waals surface area (Å²) in [5, 5.41) is 27.6. The van der Waals surface area contributed by atoms with Gasteiger partial charge in [-0.1, -0.05) is 6.07 Å². The second-order valence-electron chi connectivity index (χ2n) is 3.60. The van der Waals surface area contributed by atoms with Crippen molar-refractivity contribution in [2.45, 2.75) is 19.1 Å². The Morgan fingerprint density at radius 1 is 1.44 bits per heavy atom. The molecule has 0 bridgehead atoms. The molecule has 1 aromatic carbocycles. The molecule has 0 aromatic heterocycles. The van der Waals surface area contributed by atoms with Crippen LogP contribution in [0.3, 0.4) is 0 Å². The molecule has 5 heteroatoms. The Kier molecular flexibility index (Phi) is 4.00. The summed E-state index contributed by atoms with van der Waals surface area (Å²) in [4.78, 5) is 11.2. The van der Waals surface area contributed by atoms with Gasteiger partial charge in [-0.05, 0) is 24.6 Å². The van der Waals surface area contributed by atoms with Crippen molar-refractivity contribution in [3.05, 3.63) is 29.3 Å². The Morgan fingerprint density at radius 3 is 2.56 bits per heavy atom. The molecular formula is C11H15NO4. The lowest BCUT2D eigenvalue weighted by Crippen LogP contribution is -2.22. The molecule has 2 unspecified atom stereocenters. The maximum atomic E-state index is 11.2. The molecule has 16 heavy (non-hydrogen) atoms. The van der Waals surface area contributed by atoms with E-state index in [1.807, 2.05) is 0 Å². The molecule has 2 atom stereocenters. The number of benzene rings is 1. The highest BCUT2D eigenvalue weighted by Gasteiger charge is 2.18. The first-order valence-corrected chi connectivity index (χ1v) is 4.84. The smallest absolute Gasteiger partial charge is 0.161 e. The Hall–Kier alpha value is -1.43. The summed E-state index contributed by atoms with van der Waals surface area (Å²) in [6.45, 7) is 0.811. The summed E-state index contributed by atoms with van der Waals surface area (Å²) in [5.74, 6) is -0.218. The molecule has 88 valence electrons. The van der Waals surface area contributed by atoms with Crippen molar-refractivity contribution in [2.24, 2.45) is 0 Å². The molecule has 0 aliphatic heterocycles. The maximum absolute atomic E-state index is 11.2. The van der Waals surface area contributed by atoms with Gasteiger partial charge in [0, 0.05) is 11.3 Å². The second-order valence-corrected chi connectivity index (χ2v) is 3.60. The number of anilines is 1. The Labute approximate surface area is 93.1 Å². The van der Waals surface area contributed by atoms with Crippen LogP contribution in [0.4, 0.5) is 5.69 Å². The van der Waals surface area contributed by atoms with Gasteiger partial charge in [-0.25, -0.2) is 0 Å². The van der Waals surface area contributed by atoms with Gasteiger partial charge in [0.15, 0.2) is 5.78 Å². The van der Waals surface area contributed by atoms with Crippen LogP contribution in [-0.2, 0) is 0 Å². The van der Waals surface area contributed by atoms with Crippen molar-refractivity contribution >= 4 is 11.5 Å². The average molecular weight is 225 g/mol. The van der Waals surface area contributed by atoms with Crippen LogP contribution in [0.2, 0.25) is 0 Å². The summed E-state index contributed by atoms with van der Waals surface area (Å²) in [6.07, 6.45) is -2.51. The molecular weight excluding hydrogens is 210 g/mol. The van der Waals surface area contributed by atoms with E-state index in [2.05, 4.69) is 0 Å². The van der Waals surface area contributed by atoms with Crippen molar-refractivity contribution in [2.75, 3.05) is 12.3 Å². The predicted octanol–water partition coefficient (Wildman–Crippen LogP) is -0.142. The number of aliphatic hydroxyl groups excluding tert-OH is 3. The van der Waals surface area contributed by atoms with Crippen LogP contribution >= 0.6 is 0 Å². The summed E-state index contributed by atoms with van der Waals surface area (Å²) >= 11 is 0. The molecule has 0 fully saturated rings. The quantitative estimate of drug-likeness (QED) is 0.421. The van der Waals surface area contributed by atoms with Crippen LogP contribution in [0.1, 0.15) is 28.9 Å². The highest BCUT2D eigenvalue weighted by atomic mass is 16.4. The van der Waals surface area contributed by atoms with Crippen LogP contribution in [0.25, 0.3) is 0 Å². The van der Waals surface area contributed by atoms with E-state index in [0.29, 0.717) is 16.8 Å². The molecule has 0 heterocycles. The van der Waals surface area contributed by atoms with Crippen molar-refractivity contribution in [3.8, 4) is 0 Å². The molecule has 0 saturated carbocycles. The van der Waals surface area contributed by atoms with Gasteiger partial charge in [0.05, 0.1) is 6.61 Å². The molecule has 1 aromatic rings. The number of nitrogen functional groups attached to an aromatic ring is 1. The van der Waals surface area contributed by atoms with Gasteiger partial charge in [0.1, 0.15) is 12.2 Å². The van der Waals surface area contributed by atoms with Crippen LogP contribution in [-0.4, -0.2) is 33.8 Å². The SMILES string of the molecule is CC(=O)c1cc(C(O)C(O)CO)ccc1N. The van der Waals surface area contributed by atoms with E-state index in [0.717, 1.165) is 0 Å². The third-order valence-electron chi connectivity index (χ3n) is 2.35. The lowest BCUT2D eigenvalue weighted by molar-refractivity contribution is -0.0152. The molecule has 0 spiro atoms. The number of carbonyl (C=O) groups excluding carboxylic acids is 1. The second kappa shape index (κ2) is 5.07. The van der Waals surface area contributed by atoms with Crippen molar-refractivity contribution in [1.29, 1.82) is 0 Å². The van der Waals surface area contributed by atoms with Crippen LogP contribution in [0.15, 0.2) is 18.2 Å². The van der Waals surface area contributed by atoms with Gasteiger partial charge in [-0.2, -0.15) is 0 Å². The van der Waals surface area contributed by atoms with Crippen molar-refractivity contribution < 1.29 is 20.1 Å². The van der Waals surface area contributed by atoms with Crippen LogP contribution < -0.4 is 5.73 Å². The van der Waals surface area contributed by atoms with Crippen LogP contribution in [0, 0.1) is 0 Å². The third kappa shape index (κ3) is 2.57. The first kappa shape index (κ1) is 12.6. The molecule has 0 saturated heterocycles. The number of hydrogen-bond acceptors (Lipinski definition) is 5. The maximum Gasteiger partial charge on any atom is 0.161 e. The van der Waals surface area contributed by atoms with Gasteiger partial charge >= 0.3 is 0 Å². The molecule has 5 N–H and O–H groups in total. The first-order valence-electron chi connectivity index (χ1n) is 4.84. The van der Waals surface area contributed by atoms with Gasteiger partial charge in [0.2, 0.25) is 0 Å². The number of ketones is 1. The molecule has 0 radical (unpaired) electrons. The lowest BCUT2D eigenvalue weighted by Gasteiger charge is -2.16. The summed E-state index contributed by atoms with van der Waals surface area (Å²) in [5.41, 5.74) is 6.55. The van der Waals surface area contributed by atoms with Gasteiger partial charge in [0.25, 0.3) is 0 Å². The highest BCUT2D eigenvalue weighted by Crippen LogP contribution is 2.22. The van der Waals surface area contributed by atoms with Crippen molar-refractivity contribution in [3.63, 3.8) is 0 Å². The third-order valence-corrected chi connectivity index (χ3v) is 2.35. The minimum absolute atomic E-state index is 0.218. The topological polar surface area (TPSA) is 104 Å². The molecule has 0 aliphatic rings. The first-order chi connectivity index (χ1) is 7.47. The van der Waals surface area contributed by atoms with Crippen LogP contribution in [0.5, 0.6) is 0 Å². The lowest BCUT2D eigenvalue weighted by atomic mass is 9.99. The molecule has 0 amide bonds. The summed E-state index contributed by atoms with van der Waals surface area (Å²) in [6, 6.07) is 4.41. The average Bonchev–Trinajstić information content (AvgIpc) is 2.27. The predicted molar refractivity (Wildman–Crippen MR) is 58.9 cm³/mol. The van der Waals surface area contributed by atoms with E-state index in [1.54, 1.807) is 0 Å². The minimum atomic E-state index is -1.27. The van der Waals surface area contributed by atoms with E-state index >= 15 is 0 Å². The van der Waals surface area contributed by atoms with E-state index in [4.69, 9.17) is 10.8 Å². The van der Waals surface area contributed by atoms with Crippen molar-refractivity contribution in [1.82, 2.24) is 0 Å². The number of hydrogen-bond donors (Lipinski definition) is 4. The number of rotatable bonds is 4. The Morgan fingerprint density at radius 2 is 2.06 bits per heavy atom. The van der Waals surface area contributed by atoms with E-state index in [-0.39, 0.29) is 5.78 Å². The highest BCUT2D eigenvalue weighted by molar-refractivity contribution is 5.99. The zero-order chi connectivity index (χ0) is 12.3. The zero-order valence-electron chi connectivity index (χ0n) is 8.92. The number of nitrogens with two attached hydrogens (primary N) is 1. The number of carbonyl (C=O) groups is 1. The van der Waals surface area contributed by atoms with Gasteiger partial charge in [-0.15, -0.1) is 0 Å². The Bertz CT molecular complexity index is 392. The van der Waals surface area contributed by atoms with Gasteiger partial charge in [-0.3, -0.25) is 4.79 Å². The van der Waals surface area contributed by atoms with E-state index < -0.39 is 18.8 Å². The normalized spacial score (nSPS) is 14.5. The zero-order valence-corrected chi connectivity index (χ0v) is 8.92. The fraction of sp³-hybridized carbons (Fsp3) is 0.364. The fourth-order valence-electron chi connectivity index (χ4n) is 1.38. The molecule has 0 aliphatic carbocycles. The monoisotopic (exact) mass is 225 g/mol. The standard InChI is InChI=1S/C11H15NO4/c1-6(14)8-4-7(2-3-9(8)12)11(16)10(15)5-13/h2-4,10-11,13,15-16H,5,12H2,1H3. The molecule has 1 rings (SSSR count). The summed E-state index contributed by atoms with van der Waals surface area (Å²) in [7, 11) is 0. The Balaban J connectivity index is 3.07. The van der Waals surface area contributed by atoms with E-state index in [9.17, 15) is 15.0 Å². The molecule has 5 nitrogen and oxygen atoms in total. The summed E-state index contributed by atoms with van der Waals surface area (Å²) < 4.78 is 0. The minimum Gasteiger partial charge on any atom is -0.398 e. The number of aliphatic hydroxyl groups is 3.